The molecule has 0 aliphatic carbocycles. The molecular formula is C24H29N3. The number of nitrogens with one attached hydrogen (secondary N) is 2. The summed E-state index contributed by atoms with van der Waals surface area (Å²) in [6.07, 6.45) is 6.05. The van der Waals surface area contributed by atoms with Crippen LogP contribution in [-0.2, 0) is 13.1 Å². The molecule has 1 aliphatic heterocycles. The smallest absolute Gasteiger partial charge is 0.0454 e. The van der Waals surface area contributed by atoms with E-state index in [1.54, 1.807) is 0 Å². The molecule has 3 aromatic rings. The largest absolute Gasteiger partial charge is 0.381 e. The van der Waals surface area contributed by atoms with Gasteiger partial charge in [0.1, 0.15) is 0 Å². The van der Waals surface area contributed by atoms with Gasteiger partial charge in [-0.1, -0.05) is 30.7 Å². The Morgan fingerprint density at radius 1 is 0.926 bits per heavy atom. The number of aromatic nitrogens is 1. The highest BCUT2D eigenvalue weighted by molar-refractivity contribution is 5.66. The van der Waals surface area contributed by atoms with Gasteiger partial charge in [-0.15, -0.1) is 0 Å². The van der Waals surface area contributed by atoms with E-state index >= 15 is 0 Å². The Morgan fingerprint density at radius 3 is 2.59 bits per heavy atom. The summed E-state index contributed by atoms with van der Waals surface area (Å²) in [6, 6.07) is 19.8. The van der Waals surface area contributed by atoms with Gasteiger partial charge in [0.05, 0.1) is 0 Å². The number of aryl methyl sites for hydroxylation is 1. The first-order valence-electron chi connectivity index (χ1n) is 10.1. The molecule has 27 heavy (non-hydrogen) atoms. The van der Waals surface area contributed by atoms with Crippen molar-refractivity contribution >= 4 is 5.69 Å². The molecule has 0 saturated carbocycles. The molecule has 0 bridgehead atoms. The molecule has 1 aliphatic rings. The molecule has 3 nitrogen and oxygen atoms in total. The monoisotopic (exact) mass is 359 g/mol. The van der Waals surface area contributed by atoms with Crippen molar-refractivity contribution in [1.82, 2.24) is 9.88 Å². The maximum Gasteiger partial charge on any atom is 0.0454 e. The zero-order valence-electron chi connectivity index (χ0n) is 16.2. The second kappa shape index (κ2) is 8.45. The number of nitrogens with zero attached hydrogens (tertiary/aromatic N) is 1. The lowest BCUT2D eigenvalue weighted by Crippen LogP contribution is -2.29. The lowest BCUT2D eigenvalue weighted by atomic mass is 10.1. The summed E-state index contributed by atoms with van der Waals surface area (Å²) in [5.41, 5.74) is 7.58. The first-order valence-corrected chi connectivity index (χ1v) is 10.1. The minimum absolute atomic E-state index is 0.849. The van der Waals surface area contributed by atoms with Crippen molar-refractivity contribution in [2.24, 2.45) is 0 Å². The quantitative estimate of drug-likeness (QED) is 0.601. The first-order chi connectivity index (χ1) is 13.3. The highest BCUT2D eigenvalue weighted by Crippen LogP contribution is 2.24. The van der Waals surface area contributed by atoms with Crippen LogP contribution in [0.1, 0.15) is 36.0 Å². The highest BCUT2D eigenvalue weighted by atomic mass is 15.1. The maximum absolute atomic E-state index is 3.61. The van der Waals surface area contributed by atoms with Gasteiger partial charge < -0.3 is 10.3 Å². The Balaban J connectivity index is 1.42. The fourth-order valence-electron chi connectivity index (χ4n) is 3.97. The van der Waals surface area contributed by atoms with Crippen LogP contribution in [0.15, 0.2) is 60.8 Å². The third-order valence-corrected chi connectivity index (χ3v) is 5.33. The van der Waals surface area contributed by atoms with E-state index in [0.717, 1.165) is 18.8 Å². The van der Waals surface area contributed by atoms with Crippen LogP contribution in [-0.4, -0.2) is 23.0 Å². The molecule has 1 saturated heterocycles. The fourth-order valence-corrected chi connectivity index (χ4v) is 3.97. The SMILES string of the molecule is Cc1cc(NCc2cccc(CN3CCCCC3)c2)cc(-c2ccc[nH]2)c1. The average Bonchev–Trinajstić information content (AvgIpc) is 3.22. The van der Waals surface area contributed by atoms with E-state index in [9.17, 15) is 0 Å². The molecule has 3 heteroatoms. The predicted octanol–water partition coefficient (Wildman–Crippen LogP) is 5.59. The Hall–Kier alpha value is -2.52. The Bertz CT molecular complexity index is 861. The second-order valence-corrected chi connectivity index (χ2v) is 7.68. The van der Waals surface area contributed by atoms with Crippen LogP contribution in [0.5, 0.6) is 0 Å². The summed E-state index contributed by atoms with van der Waals surface area (Å²) in [7, 11) is 0. The predicted molar refractivity (Wildman–Crippen MR) is 114 cm³/mol. The third-order valence-electron chi connectivity index (χ3n) is 5.33. The Kier molecular flexibility index (Phi) is 5.59. The van der Waals surface area contributed by atoms with E-state index < -0.39 is 0 Å². The molecule has 0 radical (unpaired) electrons. The Labute approximate surface area is 162 Å². The second-order valence-electron chi connectivity index (χ2n) is 7.68. The summed E-state index contributed by atoms with van der Waals surface area (Å²) in [4.78, 5) is 5.88. The zero-order chi connectivity index (χ0) is 18.5. The van der Waals surface area contributed by atoms with Gasteiger partial charge in [0, 0.05) is 36.2 Å². The van der Waals surface area contributed by atoms with E-state index in [2.05, 4.69) is 70.7 Å². The molecule has 0 spiro atoms. The number of likely N-dealkylation sites (tertiary alicyclic amines) is 1. The first kappa shape index (κ1) is 17.9. The van der Waals surface area contributed by atoms with Gasteiger partial charge in [-0.3, -0.25) is 4.90 Å². The van der Waals surface area contributed by atoms with Crippen LogP contribution < -0.4 is 5.32 Å². The van der Waals surface area contributed by atoms with Crippen molar-refractivity contribution in [1.29, 1.82) is 0 Å². The van der Waals surface area contributed by atoms with Gasteiger partial charge >= 0.3 is 0 Å². The molecule has 2 heterocycles. The summed E-state index contributed by atoms with van der Waals surface area (Å²) in [5, 5.41) is 3.61. The van der Waals surface area contributed by atoms with E-state index in [1.165, 1.54) is 60.3 Å². The van der Waals surface area contributed by atoms with Crippen LogP contribution in [0.2, 0.25) is 0 Å². The lowest BCUT2D eigenvalue weighted by molar-refractivity contribution is 0.221. The normalized spacial score (nSPS) is 15.0. The number of anilines is 1. The molecule has 2 N–H and O–H groups in total. The molecule has 0 atom stereocenters. The number of hydrogen-bond acceptors (Lipinski definition) is 2. The standard InChI is InChI=1S/C24H29N3/c1-19-13-22(24-9-6-10-25-24)16-23(14-19)26-17-20-7-5-8-21(15-20)18-27-11-3-2-4-12-27/h5-10,13-16,25-26H,2-4,11-12,17-18H2,1H3. The van der Waals surface area contributed by atoms with Crippen molar-refractivity contribution in [3.8, 4) is 11.3 Å². The lowest BCUT2D eigenvalue weighted by Gasteiger charge is -2.26. The minimum Gasteiger partial charge on any atom is -0.381 e. The van der Waals surface area contributed by atoms with Crippen LogP contribution in [0.4, 0.5) is 5.69 Å². The van der Waals surface area contributed by atoms with Crippen molar-refractivity contribution < 1.29 is 0 Å². The van der Waals surface area contributed by atoms with E-state index in [1.807, 2.05) is 12.3 Å². The summed E-state index contributed by atoms with van der Waals surface area (Å²) in [5.74, 6) is 0. The molecule has 140 valence electrons. The van der Waals surface area contributed by atoms with Gasteiger partial charge in [0.2, 0.25) is 0 Å². The van der Waals surface area contributed by atoms with E-state index in [0.29, 0.717) is 0 Å². The third kappa shape index (κ3) is 4.81. The van der Waals surface area contributed by atoms with Gasteiger partial charge in [-0.2, -0.15) is 0 Å². The molecule has 4 rings (SSSR count). The van der Waals surface area contributed by atoms with Crippen molar-refractivity contribution in [2.75, 3.05) is 18.4 Å². The number of piperidine rings is 1. The molecule has 1 fully saturated rings. The molecule has 0 amide bonds. The van der Waals surface area contributed by atoms with Crippen molar-refractivity contribution in [3.05, 3.63) is 77.5 Å². The van der Waals surface area contributed by atoms with Crippen LogP contribution in [0, 0.1) is 6.92 Å². The average molecular weight is 360 g/mol. The minimum atomic E-state index is 0.849. The van der Waals surface area contributed by atoms with Gasteiger partial charge in [0.25, 0.3) is 0 Å². The molecular weight excluding hydrogens is 330 g/mol. The number of aromatic amines is 1. The maximum atomic E-state index is 3.61. The number of hydrogen-bond donors (Lipinski definition) is 2. The summed E-state index contributed by atoms with van der Waals surface area (Å²) >= 11 is 0. The Morgan fingerprint density at radius 2 is 1.78 bits per heavy atom. The number of benzene rings is 2. The summed E-state index contributed by atoms with van der Waals surface area (Å²) < 4.78 is 0. The van der Waals surface area contributed by atoms with E-state index in [4.69, 9.17) is 0 Å². The zero-order valence-corrected chi connectivity index (χ0v) is 16.2. The number of H-pyrrole nitrogens is 1. The molecule has 2 aromatic carbocycles. The van der Waals surface area contributed by atoms with Gasteiger partial charge in [-0.25, -0.2) is 0 Å². The topological polar surface area (TPSA) is 31.1 Å². The fraction of sp³-hybridized carbons (Fsp3) is 0.333. The summed E-state index contributed by atoms with van der Waals surface area (Å²) in [6.45, 7) is 6.56. The van der Waals surface area contributed by atoms with Crippen molar-refractivity contribution in [3.63, 3.8) is 0 Å². The van der Waals surface area contributed by atoms with Gasteiger partial charge in [-0.05, 0) is 79.9 Å². The number of rotatable bonds is 6. The van der Waals surface area contributed by atoms with Crippen LogP contribution in [0.3, 0.4) is 0 Å². The van der Waals surface area contributed by atoms with Gasteiger partial charge in [0.15, 0.2) is 0 Å². The molecule has 0 unspecified atom stereocenters. The highest BCUT2D eigenvalue weighted by Gasteiger charge is 2.10. The van der Waals surface area contributed by atoms with Crippen LogP contribution >= 0.6 is 0 Å². The van der Waals surface area contributed by atoms with E-state index in [-0.39, 0.29) is 0 Å². The van der Waals surface area contributed by atoms with Crippen LogP contribution in [0.25, 0.3) is 11.3 Å². The van der Waals surface area contributed by atoms with Crippen molar-refractivity contribution in [2.45, 2.75) is 39.3 Å². The molecule has 1 aromatic heterocycles.